The van der Waals surface area contributed by atoms with E-state index in [1.807, 2.05) is 24.0 Å². The molecule has 1 unspecified atom stereocenters. The second kappa shape index (κ2) is 5.71. The highest BCUT2D eigenvalue weighted by atomic mass is 16.7. The van der Waals surface area contributed by atoms with Crippen LogP contribution in [0, 0.1) is 0 Å². The molecule has 1 saturated heterocycles. The SMILES string of the molecule is CCN(C(=O)c1ccc2c(c1)OCO2)C1CCCNC1. The molecule has 20 heavy (non-hydrogen) atoms. The van der Waals surface area contributed by atoms with Gasteiger partial charge in [-0.15, -0.1) is 0 Å². The summed E-state index contributed by atoms with van der Waals surface area (Å²) in [6.45, 7) is 4.91. The van der Waals surface area contributed by atoms with Gasteiger partial charge >= 0.3 is 0 Å². The number of benzene rings is 1. The largest absolute Gasteiger partial charge is 0.454 e. The number of rotatable bonds is 3. The van der Waals surface area contributed by atoms with Crippen LogP contribution in [0.3, 0.4) is 0 Å². The standard InChI is InChI=1S/C15H20N2O3/c1-2-17(12-4-3-7-16-9-12)15(18)11-5-6-13-14(8-11)20-10-19-13/h5-6,8,12,16H,2-4,7,9-10H2,1H3. The number of piperidine rings is 1. The van der Waals surface area contributed by atoms with E-state index < -0.39 is 0 Å². The quantitative estimate of drug-likeness (QED) is 0.911. The lowest BCUT2D eigenvalue weighted by molar-refractivity contribution is 0.0661. The molecule has 2 heterocycles. The average Bonchev–Trinajstić information content (AvgIpc) is 2.96. The summed E-state index contributed by atoms with van der Waals surface area (Å²) >= 11 is 0. The third-order valence-electron chi connectivity index (χ3n) is 3.93. The molecular weight excluding hydrogens is 256 g/mol. The van der Waals surface area contributed by atoms with Gasteiger partial charge in [0.25, 0.3) is 5.91 Å². The zero-order valence-electron chi connectivity index (χ0n) is 11.7. The molecule has 0 aromatic heterocycles. The van der Waals surface area contributed by atoms with Crippen LogP contribution in [0.4, 0.5) is 0 Å². The average molecular weight is 276 g/mol. The van der Waals surface area contributed by atoms with Crippen molar-refractivity contribution in [2.45, 2.75) is 25.8 Å². The molecule has 0 bridgehead atoms. The van der Waals surface area contributed by atoms with E-state index >= 15 is 0 Å². The molecule has 108 valence electrons. The molecule has 3 rings (SSSR count). The molecule has 1 aromatic rings. The van der Waals surface area contributed by atoms with E-state index in [1.165, 1.54) is 0 Å². The predicted molar refractivity (Wildman–Crippen MR) is 75.2 cm³/mol. The van der Waals surface area contributed by atoms with Gasteiger partial charge in [-0.25, -0.2) is 0 Å². The first-order valence-corrected chi connectivity index (χ1v) is 7.21. The summed E-state index contributed by atoms with van der Waals surface area (Å²) in [5, 5.41) is 3.36. The Morgan fingerprint density at radius 3 is 3.00 bits per heavy atom. The van der Waals surface area contributed by atoms with Crippen molar-refractivity contribution in [3.05, 3.63) is 23.8 Å². The van der Waals surface area contributed by atoms with Crippen LogP contribution in [0.1, 0.15) is 30.1 Å². The van der Waals surface area contributed by atoms with E-state index in [1.54, 1.807) is 6.07 Å². The highest BCUT2D eigenvalue weighted by Gasteiger charge is 2.26. The van der Waals surface area contributed by atoms with Crippen LogP contribution < -0.4 is 14.8 Å². The minimum absolute atomic E-state index is 0.0690. The summed E-state index contributed by atoms with van der Waals surface area (Å²) in [4.78, 5) is 14.6. The first kappa shape index (κ1) is 13.2. The second-order valence-electron chi connectivity index (χ2n) is 5.16. The lowest BCUT2D eigenvalue weighted by atomic mass is 10.0. The third-order valence-corrected chi connectivity index (χ3v) is 3.93. The van der Waals surface area contributed by atoms with Crippen LogP contribution in [0.2, 0.25) is 0 Å². The maximum absolute atomic E-state index is 12.7. The Morgan fingerprint density at radius 1 is 1.40 bits per heavy atom. The molecule has 0 spiro atoms. The van der Waals surface area contributed by atoms with Crippen molar-refractivity contribution in [1.29, 1.82) is 0 Å². The maximum Gasteiger partial charge on any atom is 0.254 e. The number of carbonyl (C=O) groups is 1. The van der Waals surface area contributed by atoms with Crippen LogP contribution >= 0.6 is 0 Å². The van der Waals surface area contributed by atoms with Crippen molar-refractivity contribution in [1.82, 2.24) is 10.2 Å². The van der Waals surface area contributed by atoms with E-state index in [0.29, 0.717) is 17.1 Å². The number of hydrogen-bond acceptors (Lipinski definition) is 4. The Labute approximate surface area is 118 Å². The monoisotopic (exact) mass is 276 g/mol. The molecule has 0 saturated carbocycles. The number of nitrogens with one attached hydrogen (secondary N) is 1. The van der Waals surface area contributed by atoms with E-state index in [0.717, 1.165) is 32.5 Å². The van der Waals surface area contributed by atoms with Gasteiger partial charge in [0.1, 0.15) is 0 Å². The van der Waals surface area contributed by atoms with Gasteiger partial charge in [0.2, 0.25) is 6.79 Å². The fourth-order valence-corrected chi connectivity index (χ4v) is 2.86. The number of hydrogen-bond donors (Lipinski definition) is 1. The number of ether oxygens (including phenoxy) is 2. The van der Waals surface area contributed by atoms with Gasteiger partial charge in [-0.05, 0) is 44.5 Å². The molecular formula is C15H20N2O3. The van der Waals surface area contributed by atoms with Crippen molar-refractivity contribution in [2.75, 3.05) is 26.4 Å². The van der Waals surface area contributed by atoms with E-state index in [-0.39, 0.29) is 18.7 Å². The van der Waals surface area contributed by atoms with Crippen LogP contribution in [-0.4, -0.2) is 43.3 Å². The van der Waals surface area contributed by atoms with Gasteiger partial charge in [-0.2, -0.15) is 0 Å². The molecule has 2 aliphatic rings. The second-order valence-corrected chi connectivity index (χ2v) is 5.16. The zero-order valence-corrected chi connectivity index (χ0v) is 11.7. The minimum Gasteiger partial charge on any atom is -0.454 e. The van der Waals surface area contributed by atoms with E-state index in [9.17, 15) is 4.79 Å². The van der Waals surface area contributed by atoms with Gasteiger partial charge < -0.3 is 19.7 Å². The van der Waals surface area contributed by atoms with Gasteiger partial charge in [-0.1, -0.05) is 0 Å². The van der Waals surface area contributed by atoms with Crippen LogP contribution in [-0.2, 0) is 0 Å². The summed E-state index contributed by atoms with van der Waals surface area (Å²) in [7, 11) is 0. The van der Waals surface area contributed by atoms with Crippen molar-refractivity contribution in [3.8, 4) is 11.5 Å². The minimum atomic E-state index is 0.0690. The fourth-order valence-electron chi connectivity index (χ4n) is 2.86. The van der Waals surface area contributed by atoms with Gasteiger partial charge in [0.15, 0.2) is 11.5 Å². The van der Waals surface area contributed by atoms with Crippen molar-refractivity contribution < 1.29 is 14.3 Å². The molecule has 5 heteroatoms. The molecule has 1 N–H and O–H groups in total. The molecule has 1 aromatic carbocycles. The Morgan fingerprint density at radius 2 is 2.25 bits per heavy atom. The van der Waals surface area contributed by atoms with E-state index in [2.05, 4.69) is 5.32 Å². The third kappa shape index (κ3) is 2.45. The topological polar surface area (TPSA) is 50.8 Å². The van der Waals surface area contributed by atoms with Crippen molar-refractivity contribution in [3.63, 3.8) is 0 Å². The maximum atomic E-state index is 12.7. The Hall–Kier alpha value is -1.75. The first-order valence-electron chi connectivity index (χ1n) is 7.21. The summed E-state index contributed by atoms with van der Waals surface area (Å²) in [6, 6.07) is 5.69. The summed E-state index contributed by atoms with van der Waals surface area (Å²) in [5.41, 5.74) is 0.668. The van der Waals surface area contributed by atoms with Gasteiger partial charge in [0.05, 0.1) is 0 Å². The summed E-state index contributed by atoms with van der Waals surface area (Å²) in [5.74, 6) is 1.44. The smallest absolute Gasteiger partial charge is 0.254 e. The highest BCUT2D eigenvalue weighted by Crippen LogP contribution is 2.33. The highest BCUT2D eigenvalue weighted by molar-refractivity contribution is 5.95. The number of amides is 1. The fraction of sp³-hybridized carbons (Fsp3) is 0.533. The molecule has 0 radical (unpaired) electrons. The number of fused-ring (bicyclic) bond motifs is 1. The summed E-state index contributed by atoms with van der Waals surface area (Å²) in [6.07, 6.45) is 2.19. The van der Waals surface area contributed by atoms with Crippen LogP contribution in [0.5, 0.6) is 11.5 Å². The number of carbonyl (C=O) groups excluding carboxylic acids is 1. The number of nitrogens with zero attached hydrogens (tertiary/aromatic N) is 1. The number of likely N-dealkylation sites (N-methyl/N-ethyl adjacent to an activating group) is 1. The lowest BCUT2D eigenvalue weighted by Gasteiger charge is -2.34. The molecule has 0 aliphatic carbocycles. The zero-order chi connectivity index (χ0) is 13.9. The van der Waals surface area contributed by atoms with Crippen LogP contribution in [0.25, 0.3) is 0 Å². The molecule has 1 amide bonds. The molecule has 2 aliphatic heterocycles. The summed E-state index contributed by atoms with van der Waals surface area (Å²) < 4.78 is 10.6. The molecule has 1 fully saturated rings. The van der Waals surface area contributed by atoms with Crippen molar-refractivity contribution in [2.24, 2.45) is 0 Å². The molecule has 5 nitrogen and oxygen atoms in total. The van der Waals surface area contributed by atoms with Gasteiger partial charge in [-0.3, -0.25) is 4.79 Å². The lowest BCUT2D eigenvalue weighted by Crippen LogP contribution is -2.48. The van der Waals surface area contributed by atoms with Crippen molar-refractivity contribution >= 4 is 5.91 Å². The van der Waals surface area contributed by atoms with E-state index in [4.69, 9.17) is 9.47 Å². The predicted octanol–water partition coefficient (Wildman–Crippen LogP) is 1.63. The normalized spacial score (nSPS) is 20.8. The van der Waals surface area contributed by atoms with Crippen LogP contribution in [0.15, 0.2) is 18.2 Å². The Bertz CT molecular complexity index is 498. The van der Waals surface area contributed by atoms with Gasteiger partial charge in [0, 0.05) is 24.7 Å². The first-order chi connectivity index (χ1) is 9.79. The Kier molecular flexibility index (Phi) is 3.78. The molecule has 1 atom stereocenters. The Balaban J connectivity index is 1.79.